The van der Waals surface area contributed by atoms with Gasteiger partial charge in [0.25, 0.3) is 5.91 Å². The van der Waals surface area contributed by atoms with Crippen LogP contribution in [0.1, 0.15) is 36.0 Å². The van der Waals surface area contributed by atoms with Gasteiger partial charge in [0, 0.05) is 37.8 Å². The summed E-state index contributed by atoms with van der Waals surface area (Å²) in [5, 5.41) is 12.1. The van der Waals surface area contributed by atoms with Crippen molar-refractivity contribution in [1.82, 2.24) is 9.80 Å². The number of amides is 3. The Morgan fingerprint density at radius 1 is 1.22 bits per heavy atom. The molecule has 144 valence electrons. The van der Waals surface area contributed by atoms with Crippen LogP contribution in [-0.4, -0.2) is 64.8 Å². The third kappa shape index (κ3) is 4.10. The normalized spacial score (nSPS) is 22.6. The van der Waals surface area contributed by atoms with E-state index in [0.717, 1.165) is 12.8 Å². The summed E-state index contributed by atoms with van der Waals surface area (Å²) in [4.78, 5) is 51.1. The average molecular weight is 373 g/mol. The van der Waals surface area contributed by atoms with E-state index in [1.807, 2.05) is 0 Å². The molecule has 0 aliphatic carbocycles. The van der Waals surface area contributed by atoms with Gasteiger partial charge in [0.15, 0.2) is 0 Å². The lowest BCUT2D eigenvalue weighted by molar-refractivity contribution is -0.143. The zero-order valence-electron chi connectivity index (χ0n) is 15.2. The molecule has 0 spiro atoms. The van der Waals surface area contributed by atoms with Crippen molar-refractivity contribution < 1.29 is 24.3 Å². The van der Waals surface area contributed by atoms with Gasteiger partial charge >= 0.3 is 5.97 Å². The molecule has 2 aliphatic rings. The summed E-state index contributed by atoms with van der Waals surface area (Å²) in [6, 6.07) is 5.66. The van der Waals surface area contributed by atoms with E-state index in [4.69, 9.17) is 0 Å². The molecule has 2 saturated heterocycles. The summed E-state index contributed by atoms with van der Waals surface area (Å²) in [6.45, 7) is 0.778. The summed E-state index contributed by atoms with van der Waals surface area (Å²) >= 11 is 0. The maximum Gasteiger partial charge on any atom is 0.326 e. The van der Waals surface area contributed by atoms with Crippen molar-refractivity contribution >= 4 is 29.4 Å². The molecule has 2 unspecified atom stereocenters. The van der Waals surface area contributed by atoms with Crippen LogP contribution in [0, 0.1) is 5.92 Å². The minimum absolute atomic E-state index is 0.0658. The average Bonchev–Trinajstić information content (AvgIpc) is 3.00. The summed E-state index contributed by atoms with van der Waals surface area (Å²) < 4.78 is 0. The van der Waals surface area contributed by atoms with Gasteiger partial charge in [-0.05, 0) is 37.5 Å². The van der Waals surface area contributed by atoms with Crippen LogP contribution in [-0.2, 0) is 14.4 Å². The van der Waals surface area contributed by atoms with Gasteiger partial charge in [-0.1, -0.05) is 6.07 Å². The molecule has 27 heavy (non-hydrogen) atoms. The number of hydrogen-bond donors (Lipinski definition) is 2. The Hall–Kier alpha value is -2.90. The smallest absolute Gasteiger partial charge is 0.326 e. The molecule has 2 atom stereocenters. The number of carboxylic acid groups (broad SMARTS) is 1. The fourth-order valence-corrected chi connectivity index (χ4v) is 3.61. The Morgan fingerprint density at radius 2 is 2.00 bits per heavy atom. The fraction of sp³-hybridized carbons (Fsp3) is 0.474. The van der Waals surface area contributed by atoms with Gasteiger partial charge in [-0.2, -0.15) is 0 Å². The van der Waals surface area contributed by atoms with E-state index in [1.54, 1.807) is 31.3 Å². The quantitative estimate of drug-likeness (QED) is 0.824. The van der Waals surface area contributed by atoms with Crippen LogP contribution < -0.4 is 5.32 Å². The minimum atomic E-state index is -0.998. The second kappa shape index (κ2) is 7.77. The lowest BCUT2D eigenvalue weighted by Crippen LogP contribution is -2.48. The maximum absolute atomic E-state index is 12.8. The van der Waals surface area contributed by atoms with Crippen LogP contribution in [0.3, 0.4) is 0 Å². The van der Waals surface area contributed by atoms with Crippen molar-refractivity contribution in [3.63, 3.8) is 0 Å². The number of nitrogens with zero attached hydrogens (tertiary/aromatic N) is 2. The van der Waals surface area contributed by atoms with E-state index in [9.17, 15) is 24.3 Å². The van der Waals surface area contributed by atoms with Gasteiger partial charge in [0.1, 0.15) is 6.04 Å². The molecule has 0 bridgehead atoms. The van der Waals surface area contributed by atoms with Crippen LogP contribution in [0.2, 0.25) is 0 Å². The summed E-state index contributed by atoms with van der Waals surface area (Å²) in [5.41, 5.74) is 0.789. The highest BCUT2D eigenvalue weighted by molar-refractivity contribution is 6.00. The molecule has 3 amide bonds. The lowest BCUT2D eigenvalue weighted by Gasteiger charge is -2.33. The van der Waals surface area contributed by atoms with E-state index >= 15 is 0 Å². The minimum Gasteiger partial charge on any atom is -0.480 e. The zero-order valence-corrected chi connectivity index (χ0v) is 15.2. The van der Waals surface area contributed by atoms with E-state index in [1.165, 1.54) is 9.80 Å². The molecule has 2 aliphatic heterocycles. The molecular formula is C19H23N3O5. The Bertz CT molecular complexity index is 778. The standard InChI is InChI=1S/C19H23N3O5/c1-21-11-13(10-16(21)23)17(24)20-14-6-4-5-12(9-14)18(25)22-8-3-2-7-15(22)19(26)27/h4-6,9,13,15H,2-3,7-8,10-11H2,1H3,(H,20,24)(H,26,27). The molecule has 2 heterocycles. The second-order valence-corrected chi connectivity index (χ2v) is 7.09. The van der Waals surface area contributed by atoms with Crippen LogP contribution in [0.5, 0.6) is 0 Å². The summed E-state index contributed by atoms with van der Waals surface area (Å²) in [6.07, 6.45) is 2.18. The van der Waals surface area contributed by atoms with Gasteiger partial charge < -0.3 is 20.2 Å². The topological polar surface area (TPSA) is 107 Å². The number of carboxylic acids is 1. The first-order valence-corrected chi connectivity index (χ1v) is 9.05. The van der Waals surface area contributed by atoms with Crippen molar-refractivity contribution in [2.75, 3.05) is 25.5 Å². The number of anilines is 1. The number of carbonyl (C=O) groups excluding carboxylic acids is 3. The highest BCUT2D eigenvalue weighted by atomic mass is 16.4. The number of piperidine rings is 1. The largest absolute Gasteiger partial charge is 0.480 e. The molecule has 0 aromatic heterocycles. The van der Waals surface area contributed by atoms with E-state index in [-0.39, 0.29) is 24.1 Å². The molecule has 2 fully saturated rings. The number of carbonyl (C=O) groups is 4. The molecular weight excluding hydrogens is 350 g/mol. The SMILES string of the molecule is CN1CC(C(=O)Nc2cccc(C(=O)N3CCCCC3C(=O)O)c2)CC1=O. The van der Waals surface area contributed by atoms with Gasteiger partial charge in [0.2, 0.25) is 11.8 Å². The van der Waals surface area contributed by atoms with E-state index in [2.05, 4.69) is 5.32 Å². The molecule has 1 aromatic carbocycles. The van der Waals surface area contributed by atoms with Gasteiger partial charge in [-0.3, -0.25) is 14.4 Å². The Kier molecular flexibility index (Phi) is 5.43. The zero-order chi connectivity index (χ0) is 19.6. The van der Waals surface area contributed by atoms with Crippen molar-refractivity contribution in [3.8, 4) is 0 Å². The van der Waals surface area contributed by atoms with Crippen molar-refractivity contribution in [2.24, 2.45) is 5.92 Å². The highest BCUT2D eigenvalue weighted by Crippen LogP contribution is 2.22. The maximum atomic E-state index is 12.8. The first-order chi connectivity index (χ1) is 12.9. The Balaban J connectivity index is 1.71. The van der Waals surface area contributed by atoms with Gasteiger partial charge in [0.05, 0.1) is 5.92 Å². The second-order valence-electron chi connectivity index (χ2n) is 7.09. The highest BCUT2D eigenvalue weighted by Gasteiger charge is 2.33. The summed E-state index contributed by atoms with van der Waals surface area (Å²) in [7, 11) is 1.66. The third-order valence-electron chi connectivity index (χ3n) is 5.14. The molecule has 8 nitrogen and oxygen atoms in total. The first kappa shape index (κ1) is 18.9. The van der Waals surface area contributed by atoms with Crippen molar-refractivity contribution in [3.05, 3.63) is 29.8 Å². The number of likely N-dealkylation sites (tertiary alicyclic amines) is 2. The number of nitrogens with one attached hydrogen (secondary N) is 1. The van der Waals surface area contributed by atoms with Gasteiger partial charge in [-0.25, -0.2) is 4.79 Å². The van der Waals surface area contributed by atoms with Crippen LogP contribution >= 0.6 is 0 Å². The molecule has 2 N–H and O–H groups in total. The molecule has 0 radical (unpaired) electrons. The van der Waals surface area contributed by atoms with Crippen LogP contribution in [0.15, 0.2) is 24.3 Å². The first-order valence-electron chi connectivity index (χ1n) is 9.05. The van der Waals surface area contributed by atoms with E-state index in [0.29, 0.717) is 30.8 Å². The molecule has 1 aromatic rings. The monoisotopic (exact) mass is 373 g/mol. The Morgan fingerprint density at radius 3 is 2.67 bits per heavy atom. The predicted molar refractivity (Wildman–Crippen MR) is 97.1 cm³/mol. The lowest BCUT2D eigenvalue weighted by atomic mass is 10.0. The van der Waals surface area contributed by atoms with Crippen LogP contribution in [0.4, 0.5) is 5.69 Å². The molecule has 0 saturated carbocycles. The number of rotatable bonds is 4. The van der Waals surface area contributed by atoms with Crippen molar-refractivity contribution in [2.45, 2.75) is 31.7 Å². The number of aliphatic carboxylic acids is 1. The third-order valence-corrected chi connectivity index (χ3v) is 5.14. The predicted octanol–water partition coefficient (Wildman–Crippen LogP) is 1.18. The van der Waals surface area contributed by atoms with Crippen LogP contribution in [0.25, 0.3) is 0 Å². The molecule has 3 rings (SSSR count). The molecule has 8 heteroatoms. The Labute approximate surface area is 157 Å². The number of benzene rings is 1. The van der Waals surface area contributed by atoms with E-state index < -0.39 is 17.9 Å². The summed E-state index contributed by atoms with van der Waals surface area (Å²) in [5.74, 6) is -2.10. The van der Waals surface area contributed by atoms with Crippen molar-refractivity contribution in [1.29, 1.82) is 0 Å². The van der Waals surface area contributed by atoms with Gasteiger partial charge in [-0.15, -0.1) is 0 Å². The number of hydrogen-bond acceptors (Lipinski definition) is 4. The fourth-order valence-electron chi connectivity index (χ4n) is 3.61.